The molecule has 0 radical (unpaired) electrons. The number of ether oxygens (including phenoxy) is 1. The van der Waals surface area contributed by atoms with Crippen LogP contribution in [-0.2, 0) is 0 Å². The minimum absolute atomic E-state index is 0.0766. The SMILES string of the molecule is O=C(O)c1cncc(Oc2ccncc2Br)c1. The van der Waals surface area contributed by atoms with Crippen LogP contribution in [-0.4, -0.2) is 21.0 Å². The molecule has 0 spiro atoms. The fourth-order valence-corrected chi connectivity index (χ4v) is 1.50. The molecule has 2 rings (SSSR count). The number of rotatable bonds is 3. The van der Waals surface area contributed by atoms with Crippen molar-refractivity contribution >= 4 is 21.9 Å². The Kier molecular flexibility index (Phi) is 3.34. The minimum Gasteiger partial charge on any atom is -0.478 e. The van der Waals surface area contributed by atoms with Crippen LogP contribution in [0.2, 0.25) is 0 Å². The third-order valence-corrected chi connectivity index (χ3v) is 2.52. The Morgan fingerprint density at radius 3 is 2.82 bits per heavy atom. The van der Waals surface area contributed by atoms with Gasteiger partial charge in [0.2, 0.25) is 0 Å². The molecule has 5 nitrogen and oxygen atoms in total. The third-order valence-electron chi connectivity index (χ3n) is 1.92. The molecule has 2 heterocycles. The summed E-state index contributed by atoms with van der Waals surface area (Å²) in [5.74, 6) is -0.141. The zero-order chi connectivity index (χ0) is 12.3. The zero-order valence-corrected chi connectivity index (χ0v) is 10.1. The topological polar surface area (TPSA) is 72.3 Å². The molecule has 1 N–H and O–H groups in total. The summed E-state index contributed by atoms with van der Waals surface area (Å²) in [6.07, 6.45) is 5.87. The molecule has 0 saturated heterocycles. The normalized spacial score (nSPS) is 9.94. The molecule has 0 aliphatic rings. The van der Waals surface area contributed by atoms with Crippen molar-refractivity contribution in [1.29, 1.82) is 0 Å². The lowest BCUT2D eigenvalue weighted by Gasteiger charge is -2.06. The van der Waals surface area contributed by atoms with E-state index < -0.39 is 5.97 Å². The van der Waals surface area contributed by atoms with E-state index in [0.29, 0.717) is 16.0 Å². The van der Waals surface area contributed by atoms with Gasteiger partial charge in [-0.05, 0) is 22.0 Å². The zero-order valence-electron chi connectivity index (χ0n) is 8.50. The van der Waals surface area contributed by atoms with Gasteiger partial charge in [-0.15, -0.1) is 0 Å². The van der Waals surface area contributed by atoms with E-state index >= 15 is 0 Å². The maximum absolute atomic E-state index is 10.8. The quantitative estimate of drug-likeness (QED) is 0.942. The van der Waals surface area contributed by atoms with E-state index in [0.717, 1.165) is 0 Å². The first-order valence-corrected chi connectivity index (χ1v) is 5.42. The van der Waals surface area contributed by atoms with Gasteiger partial charge >= 0.3 is 5.97 Å². The predicted molar refractivity (Wildman–Crippen MR) is 63.2 cm³/mol. The van der Waals surface area contributed by atoms with Crippen LogP contribution >= 0.6 is 15.9 Å². The fourth-order valence-electron chi connectivity index (χ4n) is 1.16. The van der Waals surface area contributed by atoms with Gasteiger partial charge in [0.15, 0.2) is 0 Å². The number of nitrogens with zero attached hydrogens (tertiary/aromatic N) is 2. The summed E-state index contributed by atoms with van der Waals surface area (Å²) in [5.41, 5.74) is 0.0766. The van der Waals surface area contributed by atoms with Gasteiger partial charge in [0.25, 0.3) is 0 Å². The highest BCUT2D eigenvalue weighted by atomic mass is 79.9. The van der Waals surface area contributed by atoms with Crippen molar-refractivity contribution in [1.82, 2.24) is 9.97 Å². The summed E-state index contributed by atoms with van der Waals surface area (Å²) in [4.78, 5) is 18.4. The predicted octanol–water partition coefficient (Wildman–Crippen LogP) is 2.73. The molecule has 86 valence electrons. The average molecular weight is 295 g/mol. The Labute approximate surface area is 105 Å². The average Bonchev–Trinajstić information content (AvgIpc) is 2.32. The van der Waals surface area contributed by atoms with Crippen LogP contribution in [0.5, 0.6) is 11.5 Å². The van der Waals surface area contributed by atoms with Crippen LogP contribution in [0.1, 0.15) is 10.4 Å². The summed E-state index contributed by atoms with van der Waals surface area (Å²) in [6.45, 7) is 0. The van der Waals surface area contributed by atoms with E-state index in [1.807, 2.05) is 0 Å². The molecule has 0 fully saturated rings. The minimum atomic E-state index is -1.04. The van der Waals surface area contributed by atoms with Gasteiger partial charge in [0.05, 0.1) is 16.2 Å². The van der Waals surface area contributed by atoms with Gasteiger partial charge in [-0.1, -0.05) is 0 Å². The first kappa shape index (κ1) is 11.5. The van der Waals surface area contributed by atoms with Gasteiger partial charge < -0.3 is 9.84 Å². The number of aromatic carboxylic acids is 1. The number of pyridine rings is 2. The molecular weight excluding hydrogens is 288 g/mol. The van der Waals surface area contributed by atoms with Gasteiger partial charge in [0, 0.05) is 24.7 Å². The molecule has 6 heteroatoms. The maximum Gasteiger partial charge on any atom is 0.337 e. The number of hydrogen-bond acceptors (Lipinski definition) is 4. The summed E-state index contributed by atoms with van der Waals surface area (Å²) < 4.78 is 6.17. The lowest BCUT2D eigenvalue weighted by molar-refractivity contribution is 0.0696. The molecular formula is C11H7BrN2O3. The van der Waals surface area contributed by atoms with Crippen molar-refractivity contribution in [3.8, 4) is 11.5 Å². The van der Waals surface area contributed by atoms with E-state index in [1.54, 1.807) is 18.5 Å². The van der Waals surface area contributed by atoms with Crippen LogP contribution in [0.25, 0.3) is 0 Å². The highest BCUT2D eigenvalue weighted by Gasteiger charge is 2.07. The van der Waals surface area contributed by atoms with Crippen LogP contribution in [0, 0.1) is 0 Å². The molecule has 0 atom stereocenters. The lowest BCUT2D eigenvalue weighted by atomic mass is 10.3. The van der Waals surface area contributed by atoms with Gasteiger partial charge in [-0.25, -0.2) is 4.79 Å². The molecule has 0 aliphatic carbocycles. The molecule has 2 aromatic rings. The van der Waals surface area contributed by atoms with Gasteiger partial charge in [0.1, 0.15) is 11.5 Å². The van der Waals surface area contributed by atoms with Crippen molar-refractivity contribution < 1.29 is 14.6 Å². The largest absolute Gasteiger partial charge is 0.478 e. The van der Waals surface area contributed by atoms with Crippen LogP contribution in [0.4, 0.5) is 0 Å². The molecule has 0 unspecified atom stereocenters. The summed E-state index contributed by atoms with van der Waals surface area (Å²) in [5, 5.41) is 8.82. The van der Waals surface area contributed by atoms with Crippen molar-refractivity contribution in [2.45, 2.75) is 0 Å². The van der Waals surface area contributed by atoms with E-state index in [-0.39, 0.29) is 5.56 Å². The Hall–Kier alpha value is -1.95. The molecule has 0 saturated carbocycles. The summed E-state index contributed by atoms with van der Waals surface area (Å²) in [6, 6.07) is 3.07. The Morgan fingerprint density at radius 1 is 1.29 bits per heavy atom. The first-order valence-electron chi connectivity index (χ1n) is 4.62. The monoisotopic (exact) mass is 294 g/mol. The van der Waals surface area contributed by atoms with E-state index in [9.17, 15) is 4.79 Å². The van der Waals surface area contributed by atoms with E-state index in [4.69, 9.17) is 9.84 Å². The van der Waals surface area contributed by atoms with E-state index in [2.05, 4.69) is 25.9 Å². The molecule has 0 bridgehead atoms. The van der Waals surface area contributed by atoms with Gasteiger partial charge in [-0.3, -0.25) is 9.97 Å². The number of aromatic nitrogens is 2. The molecule has 17 heavy (non-hydrogen) atoms. The highest BCUT2D eigenvalue weighted by Crippen LogP contribution is 2.28. The maximum atomic E-state index is 10.8. The summed E-state index contributed by atoms with van der Waals surface area (Å²) in [7, 11) is 0. The molecule has 0 aliphatic heterocycles. The van der Waals surface area contributed by atoms with Crippen molar-refractivity contribution in [2.24, 2.45) is 0 Å². The third kappa shape index (κ3) is 2.79. The Bertz CT molecular complexity index is 560. The van der Waals surface area contributed by atoms with Crippen LogP contribution in [0.3, 0.4) is 0 Å². The second kappa shape index (κ2) is 4.92. The van der Waals surface area contributed by atoms with Gasteiger partial charge in [-0.2, -0.15) is 0 Å². The van der Waals surface area contributed by atoms with E-state index in [1.165, 1.54) is 18.5 Å². The fraction of sp³-hybridized carbons (Fsp3) is 0. The number of carboxylic acid groups (broad SMARTS) is 1. The number of halogens is 1. The first-order chi connectivity index (χ1) is 8.16. The smallest absolute Gasteiger partial charge is 0.337 e. The second-order valence-electron chi connectivity index (χ2n) is 3.12. The van der Waals surface area contributed by atoms with Crippen molar-refractivity contribution in [3.05, 3.63) is 47.0 Å². The van der Waals surface area contributed by atoms with Crippen molar-refractivity contribution in [3.63, 3.8) is 0 Å². The lowest BCUT2D eigenvalue weighted by Crippen LogP contribution is -1.97. The van der Waals surface area contributed by atoms with Crippen LogP contribution in [0.15, 0.2) is 41.4 Å². The number of hydrogen-bond donors (Lipinski definition) is 1. The Morgan fingerprint density at radius 2 is 2.12 bits per heavy atom. The number of carbonyl (C=O) groups is 1. The molecule has 0 aromatic carbocycles. The standard InChI is InChI=1S/C11H7BrN2O3/c12-9-6-13-2-1-10(9)17-8-3-7(11(15)16)4-14-5-8/h1-6H,(H,15,16). The highest BCUT2D eigenvalue weighted by molar-refractivity contribution is 9.10. The second-order valence-corrected chi connectivity index (χ2v) is 3.98. The number of carboxylic acids is 1. The molecule has 2 aromatic heterocycles. The Balaban J connectivity index is 2.28. The van der Waals surface area contributed by atoms with Crippen LogP contribution < -0.4 is 4.74 Å². The van der Waals surface area contributed by atoms with Crippen molar-refractivity contribution in [2.75, 3.05) is 0 Å². The molecule has 0 amide bonds. The summed E-state index contributed by atoms with van der Waals surface area (Å²) >= 11 is 3.28.